The molecule has 0 aliphatic rings. The smallest absolute Gasteiger partial charge is 0.282 e. The highest BCUT2D eigenvalue weighted by Gasteiger charge is 2.20. The second-order valence-electron chi connectivity index (χ2n) is 4.31. The Kier molecular flexibility index (Phi) is 4.32. The second-order valence-corrected chi connectivity index (χ2v) is 5.16. The standard InChI is InChI=1S/C14H10BrFN2O3/c1-8-6-10(15)11(16)7-12(8)17-14(19)9-4-2-3-5-13(9)18(20)21/h2-7H,1H3,(H,17,19). The number of para-hydroxylation sites is 1. The molecule has 0 bridgehead atoms. The first-order valence-electron chi connectivity index (χ1n) is 5.90. The van der Waals surface area contributed by atoms with E-state index in [0.29, 0.717) is 5.56 Å². The average molecular weight is 353 g/mol. The van der Waals surface area contributed by atoms with Gasteiger partial charge in [0.2, 0.25) is 0 Å². The third-order valence-corrected chi connectivity index (χ3v) is 3.47. The lowest BCUT2D eigenvalue weighted by molar-refractivity contribution is -0.385. The fourth-order valence-electron chi connectivity index (χ4n) is 1.80. The molecule has 2 rings (SSSR count). The number of benzene rings is 2. The van der Waals surface area contributed by atoms with Crippen LogP contribution >= 0.6 is 15.9 Å². The van der Waals surface area contributed by atoms with Crippen molar-refractivity contribution in [3.05, 3.63) is 67.9 Å². The molecule has 0 aliphatic carbocycles. The van der Waals surface area contributed by atoms with Crippen molar-refractivity contribution in [2.45, 2.75) is 6.92 Å². The van der Waals surface area contributed by atoms with Gasteiger partial charge in [0.15, 0.2) is 0 Å². The zero-order valence-electron chi connectivity index (χ0n) is 10.9. The summed E-state index contributed by atoms with van der Waals surface area (Å²) in [5, 5.41) is 13.4. The van der Waals surface area contributed by atoms with Crippen LogP contribution in [0.5, 0.6) is 0 Å². The highest BCUT2D eigenvalue weighted by atomic mass is 79.9. The number of nitrogens with one attached hydrogen (secondary N) is 1. The van der Waals surface area contributed by atoms with Crippen LogP contribution in [0.2, 0.25) is 0 Å². The van der Waals surface area contributed by atoms with Gasteiger partial charge in [-0.2, -0.15) is 0 Å². The van der Waals surface area contributed by atoms with Crippen LogP contribution < -0.4 is 5.32 Å². The molecule has 0 saturated carbocycles. The first kappa shape index (κ1) is 15.1. The van der Waals surface area contributed by atoms with Crippen molar-refractivity contribution in [1.29, 1.82) is 0 Å². The molecule has 7 heteroatoms. The van der Waals surface area contributed by atoms with Gasteiger partial charge in [0, 0.05) is 11.8 Å². The van der Waals surface area contributed by atoms with Crippen molar-refractivity contribution in [3.8, 4) is 0 Å². The zero-order valence-corrected chi connectivity index (χ0v) is 12.5. The number of hydrogen-bond donors (Lipinski definition) is 1. The van der Waals surface area contributed by atoms with E-state index in [0.717, 1.165) is 6.07 Å². The van der Waals surface area contributed by atoms with Crippen LogP contribution in [0.25, 0.3) is 0 Å². The number of nitro benzene ring substituents is 1. The second kappa shape index (κ2) is 6.01. The lowest BCUT2D eigenvalue weighted by atomic mass is 10.1. The maximum atomic E-state index is 13.5. The van der Waals surface area contributed by atoms with Crippen LogP contribution in [0.4, 0.5) is 15.8 Å². The zero-order chi connectivity index (χ0) is 15.6. The average Bonchev–Trinajstić information content (AvgIpc) is 2.44. The Labute approximate surface area is 128 Å². The predicted molar refractivity (Wildman–Crippen MR) is 79.9 cm³/mol. The monoisotopic (exact) mass is 352 g/mol. The molecule has 21 heavy (non-hydrogen) atoms. The molecule has 0 atom stereocenters. The SMILES string of the molecule is Cc1cc(Br)c(F)cc1NC(=O)c1ccccc1[N+](=O)[O-]. The van der Waals surface area contributed by atoms with Gasteiger partial charge < -0.3 is 5.32 Å². The lowest BCUT2D eigenvalue weighted by Gasteiger charge is -2.09. The van der Waals surface area contributed by atoms with E-state index >= 15 is 0 Å². The molecule has 0 aliphatic heterocycles. The van der Waals surface area contributed by atoms with E-state index in [-0.39, 0.29) is 21.4 Å². The van der Waals surface area contributed by atoms with Gasteiger partial charge >= 0.3 is 0 Å². The molecule has 0 unspecified atom stereocenters. The Balaban J connectivity index is 2.35. The summed E-state index contributed by atoms with van der Waals surface area (Å²) >= 11 is 3.04. The van der Waals surface area contributed by atoms with Crippen LogP contribution in [0, 0.1) is 22.9 Å². The summed E-state index contributed by atoms with van der Waals surface area (Å²) in [6, 6.07) is 8.26. The topological polar surface area (TPSA) is 72.2 Å². The highest BCUT2D eigenvalue weighted by Crippen LogP contribution is 2.25. The Morgan fingerprint density at radius 3 is 2.67 bits per heavy atom. The largest absolute Gasteiger partial charge is 0.321 e. The Hall–Kier alpha value is -2.28. The maximum Gasteiger partial charge on any atom is 0.282 e. The summed E-state index contributed by atoms with van der Waals surface area (Å²) in [4.78, 5) is 22.4. The van der Waals surface area contributed by atoms with Gasteiger partial charge in [-0.15, -0.1) is 0 Å². The van der Waals surface area contributed by atoms with Crippen molar-refractivity contribution in [1.82, 2.24) is 0 Å². The predicted octanol–water partition coefficient (Wildman–Crippen LogP) is 4.06. The number of anilines is 1. The lowest BCUT2D eigenvalue weighted by Crippen LogP contribution is -2.14. The van der Waals surface area contributed by atoms with Gasteiger partial charge in [0.1, 0.15) is 11.4 Å². The van der Waals surface area contributed by atoms with Crippen molar-refractivity contribution in [2.75, 3.05) is 5.32 Å². The van der Waals surface area contributed by atoms with Gasteiger partial charge in [-0.05, 0) is 46.6 Å². The van der Waals surface area contributed by atoms with E-state index in [9.17, 15) is 19.3 Å². The normalized spacial score (nSPS) is 10.2. The summed E-state index contributed by atoms with van der Waals surface area (Å²) < 4.78 is 13.8. The Bertz CT molecular complexity index is 734. The molecule has 0 fully saturated rings. The van der Waals surface area contributed by atoms with E-state index in [1.165, 1.54) is 30.3 Å². The number of rotatable bonds is 3. The maximum absolute atomic E-state index is 13.5. The number of nitro groups is 1. The summed E-state index contributed by atoms with van der Waals surface area (Å²) in [6.45, 7) is 1.69. The molecule has 5 nitrogen and oxygen atoms in total. The van der Waals surface area contributed by atoms with E-state index in [1.807, 2.05) is 0 Å². The molecule has 0 heterocycles. The van der Waals surface area contributed by atoms with Crippen molar-refractivity contribution in [3.63, 3.8) is 0 Å². The number of halogens is 2. The molecule has 2 aromatic rings. The summed E-state index contributed by atoms with van der Waals surface area (Å²) in [7, 11) is 0. The van der Waals surface area contributed by atoms with Gasteiger partial charge in [0.05, 0.1) is 9.40 Å². The Morgan fingerprint density at radius 2 is 2.00 bits per heavy atom. The molecule has 2 aromatic carbocycles. The number of amides is 1. The van der Waals surface area contributed by atoms with Crippen LogP contribution in [-0.2, 0) is 0 Å². The van der Waals surface area contributed by atoms with E-state index < -0.39 is 16.6 Å². The minimum absolute atomic E-state index is 0.0785. The number of nitrogens with zero attached hydrogens (tertiary/aromatic N) is 1. The summed E-state index contributed by atoms with van der Waals surface area (Å²) in [5.41, 5.74) is 0.518. The van der Waals surface area contributed by atoms with Crippen LogP contribution in [0.1, 0.15) is 15.9 Å². The third kappa shape index (κ3) is 3.25. The van der Waals surface area contributed by atoms with Crippen LogP contribution in [0.3, 0.4) is 0 Å². The summed E-state index contributed by atoms with van der Waals surface area (Å²) in [5.74, 6) is -1.19. The molecule has 0 aromatic heterocycles. The van der Waals surface area contributed by atoms with Gasteiger partial charge in [-0.1, -0.05) is 12.1 Å². The first-order valence-corrected chi connectivity index (χ1v) is 6.70. The molecular formula is C14H10BrFN2O3. The molecule has 0 spiro atoms. The van der Waals surface area contributed by atoms with E-state index in [4.69, 9.17) is 0 Å². The van der Waals surface area contributed by atoms with E-state index in [2.05, 4.69) is 21.2 Å². The number of aryl methyl sites for hydroxylation is 1. The highest BCUT2D eigenvalue weighted by molar-refractivity contribution is 9.10. The molecule has 108 valence electrons. The van der Waals surface area contributed by atoms with Crippen molar-refractivity contribution < 1.29 is 14.1 Å². The minimum atomic E-state index is -0.660. The minimum Gasteiger partial charge on any atom is -0.321 e. The third-order valence-electron chi connectivity index (χ3n) is 2.86. The van der Waals surface area contributed by atoms with Crippen LogP contribution in [-0.4, -0.2) is 10.8 Å². The molecule has 0 saturated heterocycles. The first-order chi connectivity index (χ1) is 9.90. The quantitative estimate of drug-likeness (QED) is 0.668. The molecule has 1 N–H and O–H groups in total. The Morgan fingerprint density at radius 1 is 1.33 bits per heavy atom. The van der Waals surface area contributed by atoms with E-state index in [1.54, 1.807) is 6.92 Å². The molecular weight excluding hydrogens is 343 g/mol. The fraction of sp³-hybridized carbons (Fsp3) is 0.0714. The molecule has 0 radical (unpaired) electrons. The van der Waals surface area contributed by atoms with Crippen molar-refractivity contribution in [2.24, 2.45) is 0 Å². The number of hydrogen-bond acceptors (Lipinski definition) is 3. The molecule has 1 amide bonds. The van der Waals surface area contributed by atoms with Gasteiger partial charge in [0.25, 0.3) is 11.6 Å². The number of carbonyl (C=O) groups is 1. The summed E-state index contributed by atoms with van der Waals surface area (Å²) in [6.07, 6.45) is 0. The van der Waals surface area contributed by atoms with Crippen LogP contribution in [0.15, 0.2) is 40.9 Å². The number of carbonyl (C=O) groups excluding carboxylic acids is 1. The van der Waals surface area contributed by atoms with Crippen molar-refractivity contribution >= 4 is 33.2 Å². The van der Waals surface area contributed by atoms with Gasteiger partial charge in [-0.3, -0.25) is 14.9 Å². The van der Waals surface area contributed by atoms with Gasteiger partial charge in [-0.25, -0.2) is 4.39 Å². The fourth-order valence-corrected chi connectivity index (χ4v) is 2.25.